The van der Waals surface area contributed by atoms with Crippen LogP contribution in [0.3, 0.4) is 0 Å². The quantitative estimate of drug-likeness (QED) is 0.630. The van der Waals surface area contributed by atoms with Gasteiger partial charge in [-0.05, 0) is 18.9 Å². The highest BCUT2D eigenvalue weighted by Crippen LogP contribution is 2.31. The Morgan fingerprint density at radius 2 is 2.28 bits per heavy atom. The SMILES string of the molecule is CN1C(=O)CCCC(N)C1c1ccc([N+](=O)[O-])o1. The van der Waals surface area contributed by atoms with E-state index in [4.69, 9.17) is 10.2 Å². The van der Waals surface area contributed by atoms with E-state index in [0.29, 0.717) is 18.6 Å². The molecule has 0 saturated carbocycles. The van der Waals surface area contributed by atoms with Gasteiger partial charge in [-0.25, -0.2) is 0 Å². The van der Waals surface area contributed by atoms with Crippen molar-refractivity contribution in [1.29, 1.82) is 0 Å². The molecule has 1 aromatic rings. The van der Waals surface area contributed by atoms with Crippen LogP contribution in [-0.4, -0.2) is 28.8 Å². The third-order valence-electron chi connectivity index (χ3n) is 3.23. The van der Waals surface area contributed by atoms with E-state index >= 15 is 0 Å². The number of nitrogens with two attached hydrogens (primary N) is 1. The average Bonchev–Trinajstić information content (AvgIpc) is 2.74. The number of likely N-dealkylation sites (N-methyl/N-ethyl adjacent to an activating group) is 1. The van der Waals surface area contributed by atoms with Crippen LogP contribution in [-0.2, 0) is 4.79 Å². The number of nitro groups is 1. The van der Waals surface area contributed by atoms with Gasteiger partial charge in [0.25, 0.3) is 0 Å². The van der Waals surface area contributed by atoms with Gasteiger partial charge in [-0.3, -0.25) is 14.9 Å². The first-order valence-corrected chi connectivity index (χ1v) is 5.76. The number of furan rings is 1. The van der Waals surface area contributed by atoms with Crippen molar-refractivity contribution in [1.82, 2.24) is 4.90 Å². The third kappa shape index (κ3) is 2.21. The maximum absolute atomic E-state index is 11.8. The van der Waals surface area contributed by atoms with Gasteiger partial charge in [0.2, 0.25) is 5.91 Å². The van der Waals surface area contributed by atoms with Crippen molar-refractivity contribution >= 4 is 11.8 Å². The molecule has 1 aliphatic rings. The molecule has 2 rings (SSSR count). The van der Waals surface area contributed by atoms with Crippen LogP contribution >= 0.6 is 0 Å². The standard InChI is InChI=1S/C11H15N3O4/c1-13-9(15)4-2-3-7(12)11(13)8-5-6-10(18-8)14(16)17/h5-7,11H,2-4,12H2,1H3. The third-order valence-corrected chi connectivity index (χ3v) is 3.23. The van der Waals surface area contributed by atoms with Gasteiger partial charge in [0.15, 0.2) is 0 Å². The lowest BCUT2D eigenvalue weighted by molar-refractivity contribution is -0.402. The Hall–Kier alpha value is -1.89. The van der Waals surface area contributed by atoms with Crippen LogP contribution in [0.1, 0.15) is 31.1 Å². The highest BCUT2D eigenvalue weighted by Gasteiger charge is 2.33. The second-order valence-electron chi connectivity index (χ2n) is 4.44. The molecule has 0 spiro atoms. The first kappa shape index (κ1) is 12.6. The maximum Gasteiger partial charge on any atom is 0.433 e. The summed E-state index contributed by atoms with van der Waals surface area (Å²) in [7, 11) is 1.65. The van der Waals surface area contributed by atoms with Crippen LogP contribution in [0.2, 0.25) is 0 Å². The van der Waals surface area contributed by atoms with Crippen LogP contribution in [0.15, 0.2) is 16.5 Å². The zero-order valence-corrected chi connectivity index (χ0v) is 10.0. The summed E-state index contributed by atoms with van der Waals surface area (Å²) in [6, 6.07) is 2.09. The van der Waals surface area contributed by atoms with Crippen molar-refractivity contribution in [3.05, 3.63) is 28.0 Å². The predicted octanol–water partition coefficient (Wildman–Crippen LogP) is 1.20. The summed E-state index contributed by atoms with van der Waals surface area (Å²) >= 11 is 0. The summed E-state index contributed by atoms with van der Waals surface area (Å²) in [5.41, 5.74) is 6.03. The number of amides is 1. The zero-order chi connectivity index (χ0) is 13.3. The van der Waals surface area contributed by atoms with Gasteiger partial charge < -0.3 is 15.1 Å². The number of carbonyl (C=O) groups is 1. The van der Waals surface area contributed by atoms with Crippen LogP contribution in [0.4, 0.5) is 5.88 Å². The molecule has 98 valence electrons. The Bertz CT molecular complexity index is 471. The minimum atomic E-state index is -0.604. The van der Waals surface area contributed by atoms with Gasteiger partial charge >= 0.3 is 5.88 Å². The van der Waals surface area contributed by atoms with E-state index in [2.05, 4.69) is 0 Å². The molecule has 7 heteroatoms. The molecule has 2 N–H and O–H groups in total. The van der Waals surface area contributed by atoms with E-state index in [1.807, 2.05) is 0 Å². The summed E-state index contributed by atoms with van der Waals surface area (Å²) in [5.74, 6) is 0.0150. The Morgan fingerprint density at radius 1 is 1.56 bits per heavy atom. The van der Waals surface area contributed by atoms with Gasteiger partial charge in [-0.1, -0.05) is 0 Å². The number of rotatable bonds is 2. The monoisotopic (exact) mass is 253 g/mol. The molecule has 1 saturated heterocycles. The fourth-order valence-corrected chi connectivity index (χ4v) is 2.27. The number of likely N-dealkylation sites (tertiary alicyclic amines) is 1. The number of hydrogen-bond donors (Lipinski definition) is 1. The molecule has 1 amide bonds. The lowest BCUT2D eigenvalue weighted by atomic mass is 10.0. The van der Waals surface area contributed by atoms with Crippen molar-refractivity contribution in [2.24, 2.45) is 5.73 Å². The van der Waals surface area contributed by atoms with E-state index in [9.17, 15) is 14.9 Å². The zero-order valence-electron chi connectivity index (χ0n) is 10.0. The summed E-state index contributed by atoms with van der Waals surface area (Å²) in [5, 5.41) is 10.6. The van der Waals surface area contributed by atoms with Gasteiger partial charge in [0.05, 0.1) is 6.07 Å². The molecule has 7 nitrogen and oxygen atoms in total. The Balaban J connectivity index is 2.32. The van der Waals surface area contributed by atoms with Gasteiger partial charge in [-0.2, -0.15) is 0 Å². The molecule has 1 aromatic heterocycles. The second kappa shape index (κ2) is 4.77. The minimum absolute atomic E-state index is 0.0213. The van der Waals surface area contributed by atoms with E-state index < -0.39 is 11.0 Å². The summed E-state index contributed by atoms with van der Waals surface area (Å²) < 4.78 is 5.16. The minimum Gasteiger partial charge on any atom is -0.404 e. The summed E-state index contributed by atoms with van der Waals surface area (Å²) in [6.07, 6.45) is 1.86. The topological polar surface area (TPSA) is 103 Å². The van der Waals surface area contributed by atoms with Crippen molar-refractivity contribution in [2.75, 3.05) is 7.05 Å². The molecule has 1 aliphatic heterocycles. The summed E-state index contributed by atoms with van der Waals surface area (Å²) in [6.45, 7) is 0. The van der Waals surface area contributed by atoms with Crippen LogP contribution < -0.4 is 5.73 Å². The molecular formula is C11H15N3O4. The first-order chi connectivity index (χ1) is 8.50. The highest BCUT2D eigenvalue weighted by atomic mass is 16.6. The molecule has 2 unspecified atom stereocenters. The Kier molecular flexibility index (Phi) is 3.33. The maximum atomic E-state index is 11.8. The Labute approximate surface area is 104 Å². The molecule has 2 atom stereocenters. The fraction of sp³-hybridized carbons (Fsp3) is 0.545. The van der Waals surface area contributed by atoms with Crippen LogP contribution in [0.25, 0.3) is 0 Å². The molecule has 0 bridgehead atoms. The highest BCUT2D eigenvalue weighted by molar-refractivity contribution is 5.76. The molecule has 2 heterocycles. The van der Waals surface area contributed by atoms with Crippen LogP contribution in [0, 0.1) is 10.1 Å². The molecule has 0 radical (unpaired) electrons. The van der Waals surface area contributed by atoms with E-state index in [-0.39, 0.29) is 17.8 Å². The lowest BCUT2D eigenvalue weighted by Crippen LogP contribution is -2.39. The number of hydrogen-bond acceptors (Lipinski definition) is 5. The molecular weight excluding hydrogens is 238 g/mol. The van der Waals surface area contributed by atoms with Crippen molar-refractivity contribution in [2.45, 2.75) is 31.3 Å². The average molecular weight is 253 g/mol. The van der Waals surface area contributed by atoms with Crippen LogP contribution in [0.5, 0.6) is 0 Å². The van der Waals surface area contributed by atoms with Crippen molar-refractivity contribution in [3.63, 3.8) is 0 Å². The molecule has 0 aromatic carbocycles. The second-order valence-corrected chi connectivity index (χ2v) is 4.44. The fourth-order valence-electron chi connectivity index (χ4n) is 2.27. The normalized spacial score (nSPS) is 25.0. The van der Waals surface area contributed by atoms with Crippen molar-refractivity contribution < 1.29 is 14.1 Å². The number of nitrogens with zero attached hydrogens (tertiary/aromatic N) is 2. The molecule has 1 fully saturated rings. The van der Waals surface area contributed by atoms with E-state index in [1.165, 1.54) is 17.0 Å². The smallest absolute Gasteiger partial charge is 0.404 e. The lowest BCUT2D eigenvalue weighted by Gasteiger charge is -2.28. The molecule has 0 aliphatic carbocycles. The largest absolute Gasteiger partial charge is 0.433 e. The Morgan fingerprint density at radius 3 is 2.89 bits per heavy atom. The van der Waals surface area contributed by atoms with E-state index in [0.717, 1.165) is 6.42 Å². The summed E-state index contributed by atoms with van der Waals surface area (Å²) in [4.78, 5) is 23.3. The van der Waals surface area contributed by atoms with Gasteiger partial charge in [-0.15, -0.1) is 0 Å². The van der Waals surface area contributed by atoms with E-state index in [1.54, 1.807) is 7.05 Å². The van der Waals surface area contributed by atoms with Crippen molar-refractivity contribution in [3.8, 4) is 0 Å². The molecule has 18 heavy (non-hydrogen) atoms. The predicted molar refractivity (Wildman–Crippen MR) is 62.7 cm³/mol. The van der Waals surface area contributed by atoms with Gasteiger partial charge in [0.1, 0.15) is 16.7 Å². The first-order valence-electron chi connectivity index (χ1n) is 5.76. The number of carbonyl (C=O) groups excluding carboxylic acids is 1. The van der Waals surface area contributed by atoms with Gasteiger partial charge in [0, 0.05) is 19.5 Å².